The first-order valence-corrected chi connectivity index (χ1v) is 6.73. The van der Waals surface area contributed by atoms with Crippen molar-refractivity contribution in [3.63, 3.8) is 0 Å². The van der Waals surface area contributed by atoms with E-state index in [0.29, 0.717) is 0 Å². The number of aliphatic hydroxyl groups is 1. The van der Waals surface area contributed by atoms with E-state index in [0.717, 1.165) is 22.5 Å². The highest BCUT2D eigenvalue weighted by atomic mass is 32.2. The van der Waals surface area contributed by atoms with Crippen molar-refractivity contribution in [1.82, 2.24) is 9.97 Å². The molecular formula is C13H12N2OS. The van der Waals surface area contributed by atoms with Gasteiger partial charge in [0.25, 0.3) is 0 Å². The third-order valence-electron chi connectivity index (χ3n) is 3.07. The molecule has 0 saturated heterocycles. The van der Waals surface area contributed by atoms with E-state index in [1.807, 2.05) is 30.5 Å². The van der Waals surface area contributed by atoms with Crippen molar-refractivity contribution in [3.8, 4) is 11.4 Å². The van der Waals surface area contributed by atoms with Crippen LogP contribution in [0.5, 0.6) is 0 Å². The number of fused-ring (bicyclic) bond motifs is 3. The molecule has 0 fully saturated rings. The normalized spacial score (nSPS) is 21.8. The molecule has 17 heavy (non-hydrogen) atoms. The number of rotatable bonds is 1. The minimum atomic E-state index is -0.509. The second kappa shape index (κ2) is 4.13. The Morgan fingerprint density at radius 2 is 1.65 bits per heavy atom. The number of hydrogen-bond donors (Lipinski definition) is 1. The van der Waals surface area contributed by atoms with Gasteiger partial charge in [-0.25, -0.2) is 0 Å². The second-order valence-electron chi connectivity index (χ2n) is 3.98. The molecule has 2 unspecified atom stereocenters. The molecule has 0 radical (unpaired) electrons. The van der Waals surface area contributed by atoms with Gasteiger partial charge in [0.2, 0.25) is 0 Å². The summed E-state index contributed by atoms with van der Waals surface area (Å²) < 4.78 is 0. The number of nitrogens with zero attached hydrogens (tertiary/aromatic N) is 2. The molecule has 2 aromatic rings. The maximum absolute atomic E-state index is 10.4. The quantitative estimate of drug-likeness (QED) is 0.837. The standard InChI is InChI=1S/C13H12N2OS/c1-17-13-9-5-3-7-15-11(9)10-8(12(13)16)4-2-6-14-10/h2-7,12-13,16H,1H3. The Kier molecular flexibility index (Phi) is 2.61. The van der Waals surface area contributed by atoms with Crippen LogP contribution in [0, 0.1) is 0 Å². The predicted molar refractivity (Wildman–Crippen MR) is 68.7 cm³/mol. The molecule has 0 amide bonds. The van der Waals surface area contributed by atoms with Crippen LogP contribution in [0.15, 0.2) is 36.7 Å². The highest BCUT2D eigenvalue weighted by molar-refractivity contribution is 7.98. The number of aromatic nitrogens is 2. The van der Waals surface area contributed by atoms with Gasteiger partial charge in [-0.05, 0) is 24.0 Å². The van der Waals surface area contributed by atoms with Crippen molar-refractivity contribution in [2.24, 2.45) is 0 Å². The van der Waals surface area contributed by atoms with Gasteiger partial charge in [-0.15, -0.1) is 0 Å². The van der Waals surface area contributed by atoms with Crippen LogP contribution in [0.4, 0.5) is 0 Å². The van der Waals surface area contributed by atoms with Gasteiger partial charge in [0.15, 0.2) is 0 Å². The lowest BCUT2D eigenvalue weighted by atomic mass is 9.90. The first kappa shape index (κ1) is 10.7. The van der Waals surface area contributed by atoms with Crippen LogP contribution in [0.3, 0.4) is 0 Å². The average molecular weight is 244 g/mol. The second-order valence-corrected chi connectivity index (χ2v) is 4.96. The van der Waals surface area contributed by atoms with Gasteiger partial charge in [-0.1, -0.05) is 12.1 Å². The molecule has 0 saturated carbocycles. The smallest absolute Gasteiger partial charge is 0.0971 e. The van der Waals surface area contributed by atoms with Crippen LogP contribution >= 0.6 is 11.8 Å². The molecule has 1 N–H and O–H groups in total. The maximum atomic E-state index is 10.4. The SMILES string of the molecule is CSC1c2cccnc2-c2ncccc2C1O. The molecule has 3 rings (SSSR count). The number of hydrogen-bond acceptors (Lipinski definition) is 4. The third kappa shape index (κ3) is 1.56. The van der Waals surface area contributed by atoms with Crippen molar-refractivity contribution in [3.05, 3.63) is 47.8 Å². The monoisotopic (exact) mass is 244 g/mol. The summed E-state index contributed by atoms with van der Waals surface area (Å²) in [5.74, 6) is 0. The van der Waals surface area contributed by atoms with Crippen LogP contribution in [-0.4, -0.2) is 21.3 Å². The molecule has 0 bridgehead atoms. The third-order valence-corrected chi connectivity index (χ3v) is 4.09. The Morgan fingerprint density at radius 3 is 2.29 bits per heavy atom. The molecular weight excluding hydrogens is 232 g/mol. The van der Waals surface area contributed by atoms with Crippen LogP contribution in [0.25, 0.3) is 11.4 Å². The number of pyridine rings is 2. The molecule has 2 aromatic heterocycles. The largest absolute Gasteiger partial charge is 0.387 e. The van der Waals surface area contributed by atoms with E-state index in [-0.39, 0.29) is 5.25 Å². The van der Waals surface area contributed by atoms with Crippen molar-refractivity contribution < 1.29 is 5.11 Å². The topological polar surface area (TPSA) is 46.0 Å². The van der Waals surface area contributed by atoms with Gasteiger partial charge in [0.1, 0.15) is 0 Å². The van der Waals surface area contributed by atoms with E-state index >= 15 is 0 Å². The molecule has 1 aliphatic carbocycles. The molecule has 0 aliphatic heterocycles. The van der Waals surface area contributed by atoms with Crippen LogP contribution in [0.2, 0.25) is 0 Å². The van der Waals surface area contributed by atoms with Gasteiger partial charge in [0, 0.05) is 18.0 Å². The van der Waals surface area contributed by atoms with Crippen molar-refractivity contribution in [2.45, 2.75) is 11.4 Å². The van der Waals surface area contributed by atoms with Crippen molar-refractivity contribution >= 4 is 11.8 Å². The van der Waals surface area contributed by atoms with Gasteiger partial charge in [-0.3, -0.25) is 9.97 Å². The summed E-state index contributed by atoms with van der Waals surface area (Å²) in [4.78, 5) is 8.75. The molecule has 1 aliphatic rings. The van der Waals surface area contributed by atoms with Gasteiger partial charge >= 0.3 is 0 Å². The summed E-state index contributed by atoms with van der Waals surface area (Å²) in [5.41, 5.74) is 3.64. The molecule has 2 atom stereocenters. The lowest BCUT2D eigenvalue weighted by Crippen LogP contribution is -2.16. The summed E-state index contributed by atoms with van der Waals surface area (Å²) in [6.07, 6.45) is 5.01. The Balaban J connectivity index is 2.29. The first-order valence-electron chi connectivity index (χ1n) is 5.44. The van der Waals surface area contributed by atoms with Crippen molar-refractivity contribution in [1.29, 1.82) is 0 Å². The van der Waals surface area contributed by atoms with Crippen LogP contribution < -0.4 is 0 Å². The average Bonchev–Trinajstić information content (AvgIpc) is 2.40. The summed E-state index contributed by atoms with van der Waals surface area (Å²) >= 11 is 1.64. The highest BCUT2D eigenvalue weighted by Gasteiger charge is 2.33. The van der Waals surface area contributed by atoms with Crippen LogP contribution in [0.1, 0.15) is 22.5 Å². The summed E-state index contributed by atoms with van der Waals surface area (Å²) in [7, 11) is 0. The van der Waals surface area contributed by atoms with E-state index in [1.54, 1.807) is 24.2 Å². The number of thioether (sulfide) groups is 1. The van der Waals surface area contributed by atoms with Crippen molar-refractivity contribution in [2.75, 3.05) is 6.26 Å². The van der Waals surface area contributed by atoms with E-state index in [4.69, 9.17) is 0 Å². The maximum Gasteiger partial charge on any atom is 0.0971 e. The molecule has 3 nitrogen and oxygen atoms in total. The minimum absolute atomic E-state index is 0.0374. The summed E-state index contributed by atoms with van der Waals surface area (Å²) in [5, 5.41) is 10.4. The fraction of sp³-hybridized carbons (Fsp3) is 0.231. The Bertz CT molecular complexity index is 559. The molecule has 0 aromatic carbocycles. The summed E-state index contributed by atoms with van der Waals surface area (Å²) in [6.45, 7) is 0. The molecule has 4 heteroatoms. The van der Waals surface area contributed by atoms with Gasteiger partial charge in [0.05, 0.1) is 22.7 Å². The zero-order chi connectivity index (χ0) is 11.8. The van der Waals surface area contributed by atoms with Crippen LogP contribution in [-0.2, 0) is 0 Å². The lowest BCUT2D eigenvalue weighted by molar-refractivity contribution is 0.173. The van der Waals surface area contributed by atoms with Gasteiger partial charge in [-0.2, -0.15) is 11.8 Å². The zero-order valence-corrected chi connectivity index (χ0v) is 10.2. The molecule has 2 heterocycles. The fourth-order valence-corrected chi connectivity index (χ4v) is 3.14. The summed E-state index contributed by atoms with van der Waals surface area (Å²) in [6, 6.07) is 7.70. The number of aliphatic hydroxyl groups excluding tert-OH is 1. The Labute approximate surface area is 104 Å². The minimum Gasteiger partial charge on any atom is -0.387 e. The Morgan fingerprint density at radius 1 is 1.06 bits per heavy atom. The van der Waals surface area contributed by atoms with E-state index < -0.39 is 6.10 Å². The van der Waals surface area contributed by atoms with Gasteiger partial charge < -0.3 is 5.11 Å². The predicted octanol–water partition coefficient (Wildman–Crippen LogP) is 2.59. The highest BCUT2D eigenvalue weighted by Crippen LogP contribution is 2.47. The van der Waals surface area contributed by atoms with E-state index in [1.165, 1.54) is 0 Å². The fourth-order valence-electron chi connectivity index (χ4n) is 2.29. The lowest BCUT2D eigenvalue weighted by Gasteiger charge is -2.29. The van der Waals surface area contributed by atoms with E-state index in [9.17, 15) is 5.11 Å². The Hall–Kier alpha value is -1.39. The molecule has 0 spiro atoms. The zero-order valence-electron chi connectivity index (χ0n) is 9.37. The molecule has 86 valence electrons. The first-order chi connectivity index (χ1) is 8.33. The van der Waals surface area contributed by atoms with E-state index in [2.05, 4.69) is 9.97 Å².